The Morgan fingerprint density at radius 2 is 2.50 bits per heavy atom. The summed E-state index contributed by atoms with van der Waals surface area (Å²) in [6.45, 7) is 5.75. The van der Waals surface area contributed by atoms with Gasteiger partial charge in [-0.25, -0.2) is 4.98 Å². The number of aromatic nitrogens is 2. The fourth-order valence-electron chi connectivity index (χ4n) is 1.27. The number of nitrogens with one attached hydrogen (secondary N) is 1. The summed E-state index contributed by atoms with van der Waals surface area (Å²) in [5.41, 5.74) is 0. The molecule has 1 atom stereocenters. The lowest BCUT2D eigenvalue weighted by molar-refractivity contribution is 0.528. The zero-order valence-corrected chi connectivity index (χ0v) is 8.70. The van der Waals surface area contributed by atoms with Crippen molar-refractivity contribution in [1.29, 1.82) is 5.26 Å². The Morgan fingerprint density at radius 1 is 1.71 bits per heavy atom. The summed E-state index contributed by atoms with van der Waals surface area (Å²) in [6.07, 6.45) is 4.30. The molecule has 1 rings (SSSR count). The first kappa shape index (κ1) is 10.7. The molecule has 14 heavy (non-hydrogen) atoms. The van der Waals surface area contributed by atoms with Gasteiger partial charge in [-0.1, -0.05) is 0 Å². The molecule has 0 amide bonds. The fraction of sp³-hybridized carbons (Fsp3) is 0.600. The SMILES string of the molecule is CCn1ccnc1CNC(C)CC#N. The summed E-state index contributed by atoms with van der Waals surface area (Å²) in [5.74, 6) is 1.03. The molecule has 0 bridgehead atoms. The van der Waals surface area contributed by atoms with Gasteiger partial charge in [0, 0.05) is 25.0 Å². The van der Waals surface area contributed by atoms with Crippen LogP contribution in [0.5, 0.6) is 0 Å². The van der Waals surface area contributed by atoms with Crippen molar-refractivity contribution in [3.63, 3.8) is 0 Å². The molecule has 1 unspecified atom stereocenters. The van der Waals surface area contributed by atoms with Crippen molar-refractivity contribution >= 4 is 0 Å². The van der Waals surface area contributed by atoms with E-state index in [1.807, 2.05) is 13.1 Å². The van der Waals surface area contributed by atoms with Crippen LogP contribution in [0.1, 0.15) is 26.1 Å². The maximum atomic E-state index is 8.48. The Hall–Kier alpha value is -1.34. The molecule has 1 N–H and O–H groups in total. The van der Waals surface area contributed by atoms with E-state index >= 15 is 0 Å². The summed E-state index contributed by atoms with van der Waals surface area (Å²) in [7, 11) is 0. The molecule has 1 aromatic heterocycles. The Morgan fingerprint density at radius 3 is 3.14 bits per heavy atom. The summed E-state index contributed by atoms with van der Waals surface area (Å²) in [4.78, 5) is 4.24. The van der Waals surface area contributed by atoms with Crippen molar-refractivity contribution in [3.8, 4) is 6.07 Å². The second-order valence-corrected chi connectivity index (χ2v) is 3.27. The number of hydrogen-bond acceptors (Lipinski definition) is 3. The van der Waals surface area contributed by atoms with E-state index in [1.54, 1.807) is 6.20 Å². The number of nitrogens with zero attached hydrogens (tertiary/aromatic N) is 3. The monoisotopic (exact) mass is 192 g/mol. The predicted molar refractivity (Wildman–Crippen MR) is 54.4 cm³/mol. The minimum atomic E-state index is 0.224. The third-order valence-electron chi connectivity index (χ3n) is 2.15. The van der Waals surface area contributed by atoms with Gasteiger partial charge in [0.2, 0.25) is 0 Å². The van der Waals surface area contributed by atoms with E-state index in [4.69, 9.17) is 5.26 Å². The Bertz CT molecular complexity index is 310. The average molecular weight is 192 g/mol. The van der Waals surface area contributed by atoms with Crippen LogP contribution >= 0.6 is 0 Å². The van der Waals surface area contributed by atoms with Crippen LogP contribution < -0.4 is 5.32 Å². The molecule has 0 aliphatic heterocycles. The molecule has 0 aliphatic carbocycles. The zero-order chi connectivity index (χ0) is 10.4. The van der Waals surface area contributed by atoms with Crippen LogP contribution in [-0.4, -0.2) is 15.6 Å². The Kier molecular flexibility index (Phi) is 4.14. The normalized spacial score (nSPS) is 12.4. The second kappa shape index (κ2) is 5.40. The number of nitriles is 1. The molecule has 1 aromatic rings. The third kappa shape index (κ3) is 2.86. The van der Waals surface area contributed by atoms with Crippen molar-refractivity contribution in [1.82, 2.24) is 14.9 Å². The van der Waals surface area contributed by atoms with Gasteiger partial charge < -0.3 is 9.88 Å². The van der Waals surface area contributed by atoms with Crippen LogP contribution in [0.3, 0.4) is 0 Å². The van der Waals surface area contributed by atoms with E-state index in [0.29, 0.717) is 6.42 Å². The number of rotatable bonds is 5. The van der Waals surface area contributed by atoms with Gasteiger partial charge in [0.15, 0.2) is 0 Å². The lowest BCUT2D eigenvalue weighted by Gasteiger charge is -2.10. The third-order valence-corrected chi connectivity index (χ3v) is 2.15. The first-order valence-corrected chi connectivity index (χ1v) is 4.88. The molecular weight excluding hydrogens is 176 g/mol. The van der Waals surface area contributed by atoms with Crippen LogP contribution in [0, 0.1) is 11.3 Å². The predicted octanol–water partition coefficient (Wildman–Crippen LogP) is 1.29. The minimum Gasteiger partial charge on any atom is -0.334 e. The van der Waals surface area contributed by atoms with Crippen molar-refractivity contribution < 1.29 is 0 Å². The highest BCUT2D eigenvalue weighted by Gasteiger charge is 2.03. The molecule has 0 spiro atoms. The van der Waals surface area contributed by atoms with Gasteiger partial charge in [-0.2, -0.15) is 5.26 Å². The van der Waals surface area contributed by atoms with Crippen molar-refractivity contribution in [3.05, 3.63) is 18.2 Å². The highest BCUT2D eigenvalue weighted by atomic mass is 15.1. The van der Waals surface area contributed by atoms with Crippen LogP contribution in [0.25, 0.3) is 0 Å². The maximum absolute atomic E-state index is 8.48. The second-order valence-electron chi connectivity index (χ2n) is 3.27. The molecule has 4 nitrogen and oxygen atoms in total. The lowest BCUT2D eigenvalue weighted by atomic mass is 10.2. The summed E-state index contributed by atoms with van der Waals surface area (Å²) >= 11 is 0. The molecule has 76 valence electrons. The molecule has 0 aliphatic rings. The Labute approximate surface area is 84.6 Å². The minimum absolute atomic E-state index is 0.224. The topological polar surface area (TPSA) is 53.6 Å². The largest absolute Gasteiger partial charge is 0.334 e. The Balaban J connectivity index is 2.42. The molecule has 0 aromatic carbocycles. The van der Waals surface area contributed by atoms with E-state index in [-0.39, 0.29) is 6.04 Å². The first-order chi connectivity index (χ1) is 6.77. The molecule has 1 heterocycles. The summed E-state index contributed by atoms with van der Waals surface area (Å²) in [5, 5.41) is 11.7. The van der Waals surface area contributed by atoms with E-state index in [2.05, 4.69) is 27.9 Å². The number of imidazole rings is 1. The molecular formula is C10H16N4. The maximum Gasteiger partial charge on any atom is 0.122 e. The van der Waals surface area contributed by atoms with Crippen molar-refractivity contribution in [2.75, 3.05) is 0 Å². The van der Waals surface area contributed by atoms with Crippen LogP contribution in [-0.2, 0) is 13.1 Å². The van der Waals surface area contributed by atoms with Gasteiger partial charge in [-0.15, -0.1) is 0 Å². The summed E-state index contributed by atoms with van der Waals surface area (Å²) < 4.78 is 2.09. The standard InChI is InChI=1S/C10H16N4/c1-3-14-7-6-12-10(14)8-13-9(2)4-5-11/h6-7,9,13H,3-4,8H2,1-2H3. The smallest absolute Gasteiger partial charge is 0.122 e. The fourth-order valence-corrected chi connectivity index (χ4v) is 1.27. The van der Waals surface area contributed by atoms with Gasteiger partial charge >= 0.3 is 0 Å². The highest BCUT2D eigenvalue weighted by molar-refractivity contribution is 4.92. The van der Waals surface area contributed by atoms with E-state index in [9.17, 15) is 0 Å². The van der Waals surface area contributed by atoms with Gasteiger partial charge in [0.1, 0.15) is 5.82 Å². The first-order valence-electron chi connectivity index (χ1n) is 4.88. The van der Waals surface area contributed by atoms with E-state index in [1.165, 1.54) is 0 Å². The average Bonchev–Trinajstić information content (AvgIpc) is 2.62. The quantitative estimate of drug-likeness (QED) is 0.765. The van der Waals surface area contributed by atoms with Gasteiger partial charge in [-0.05, 0) is 13.8 Å². The van der Waals surface area contributed by atoms with Crippen molar-refractivity contribution in [2.45, 2.75) is 39.4 Å². The van der Waals surface area contributed by atoms with Gasteiger partial charge in [-0.3, -0.25) is 0 Å². The molecule has 0 saturated carbocycles. The van der Waals surface area contributed by atoms with E-state index in [0.717, 1.165) is 18.9 Å². The van der Waals surface area contributed by atoms with Crippen LogP contribution in [0.15, 0.2) is 12.4 Å². The molecule has 4 heteroatoms. The molecule has 0 fully saturated rings. The number of hydrogen-bond donors (Lipinski definition) is 1. The molecule has 0 radical (unpaired) electrons. The van der Waals surface area contributed by atoms with Crippen molar-refractivity contribution in [2.24, 2.45) is 0 Å². The van der Waals surface area contributed by atoms with Gasteiger partial charge in [0.25, 0.3) is 0 Å². The lowest BCUT2D eigenvalue weighted by Crippen LogP contribution is -2.26. The zero-order valence-electron chi connectivity index (χ0n) is 8.70. The van der Waals surface area contributed by atoms with E-state index < -0.39 is 0 Å². The van der Waals surface area contributed by atoms with Crippen LogP contribution in [0.4, 0.5) is 0 Å². The summed E-state index contributed by atoms with van der Waals surface area (Å²) in [6, 6.07) is 2.36. The van der Waals surface area contributed by atoms with Gasteiger partial charge in [0.05, 0.1) is 19.0 Å². The van der Waals surface area contributed by atoms with Crippen LogP contribution in [0.2, 0.25) is 0 Å². The number of aryl methyl sites for hydroxylation is 1. The highest BCUT2D eigenvalue weighted by Crippen LogP contribution is 1.98. The molecule has 0 saturated heterocycles.